The highest BCUT2D eigenvalue weighted by molar-refractivity contribution is 7.12. The summed E-state index contributed by atoms with van der Waals surface area (Å²) in [5, 5.41) is 5.02. The molecule has 0 spiro atoms. The summed E-state index contributed by atoms with van der Waals surface area (Å²) in [6, 6.07) is 12.1. The molecule has 0 saturated carbocycles. The molecule has 0 fully saturated rings. The molecule has 0 aliphatic rings. The Labute approximate surface area is 130 Å². The van der Waals surface area contributed by atoms with E-state index in [0.29, 0.717) is 6.54 Å². The third-order valence-corrected chi connectivity index (χ3v) is 4.40. The van der Waals surface area contributed by atoms with E-state index in [9.17, 15) is 4.79 Å². The smallest absolute Gasteiger partial charge is 0.262 e. The van der Waals surface area contributed by atoms with E-state index >= 15 is 0 Å². The lowest BCUT2D eigenvalue weighted by atomic mass is 10.1. The highest BCUT2D eigenvalue weighted by atomic mass is 32.1. The average Bonchev–Trinajstić information content (AvgIpc) is 3.01. The Morgan fingerprint density at radius 2 is 2.05 bits per heavy atom. The number of carbonyl (C=O) groups excluding carboxylic acids is 1. The molecule has 0 aliphatic carbocycles. The van der Waals surface area contributed by atoms with Crippen LogP contribution in [0.3, 0.4) is 0 Å². The normalized spacial score (nSPS) is 12.1. The van der Waals surface area contributed by atoms with Crippen molar-refractivity contribution in [2.24, 2.45) is 5.73 Å². The number of rotatable bonds is 7. The lowest BCUT2D eigenvalue weighted by molar-refractivity contribution is 0.0940. The number of amides is 1. The molecule has 1 heterocycles. The van der Waals surface area contributed by atoms with Gasteiger partial charge in [0.15, 0.2) is 0 Å². The van der Waals surface area contributed by atoms with Crippen LogP contribution >= 0.6 is 11.3 Å². The molecule has 21 heavy (non-hydrogen) atoms. The van der Waals surface area contributed by atoms with Gasteiger partial charge in [-0.25, -0.2) is 0 Å². The van der Waals surface area contributed by atoms with Gasteiger partial charge in [-0.3, -0.25) is 4.79 Å². The third-order valence-electron chi connectivity index (χ3n) is 3.48. The van der Waals surface area contributed by atoms with Crippen LogP contribution in [0.1, 0.15) is 35.9 Å². The van der Waals surface area contributed by atoms with Crippen LogP contribution in [-0.2, 0) is 0 Å². The lowest BCUT2D eigenvalue weighted by Crippen LogP contribution is -2.40. The molecule has 0 aliphatic heterocycles. The second kappa shape index (κ2) is 7.96. The number of nitrogens with one attached hydrogen (secondary N) is 1. The number of hydrogen-bond donors (Lipinski definition) is 2. The maximum absolute atomic E-state index is 12.5. The highest BCUT2D eigenvalue weighted by Gasteiger charge is 2.17. The first kappa shape index (κ1) is 15.7. The lowest BCUT2D eigenvalue weighted by Gasteiger charge is -2.16. The van der Waals surface area contributed by atoms with Crippen molar-refractivity contribution in [1.29, 1.82) is 0 Å². The Morgan fingerprint density at radius 1 is 1.29 bits per heavy atom. The molecule has 1 aromatic carbocycles. The zero-order valence-electron chi connectivity index (χ0n) is 12.3. The van der Waals surface area contributed by atoms with E-state index in [1.165, 1.54) is 11.3 Å². The molecule has 1 unspecified atom stereocenters. The van der Waals surface area contributed by atoms with E-state index in [0.717, 1.165) is 35.3 Å². The van der Waals surface area contributed by atoms with Gasteiger partial charge in [-0.2, -0.15) is 0 Å². The van der Waals surface area contributed by atoms with Gasteiger partial charge in [0.2, 0.25) is 0 Å². The fraction of sp³-hybridized carbons (Fsp3) is 0.353. The van der Waals surface area contributed by atoms with Crippen LogP contribution in [-0.4, -0.2) is 18.5 Å². The van der Waals surface area contributed by atoms with Gasteiger partial charge in [0, 0.05) is 18.2 Å². The van der Waals surface area contributed by atoms with Crippen molar-refractivity contribution >= 4 is 17.2 Å². The zero-order valence-corrected chi connectivity index (χ0v) is 13.2. The largest absolute Gasteiger partial charge is 0.347 e. The van der Waals surface area contributed by atoms with Crippen molar-refractivity contribution in [2.45, 2.75) is 32.2 Å². The number of nitrogens with two attached hydrogens (primary N) is 1. The van der Waals surface area contributed by atoms with Gasteiger partial charge in [-0.1, -0.05) is 50.1 Å². The van der Waals surface area contributed by atoms with Crippen molar-refractivity contribution in [1.82, 2.24) is 5.32 Å². The second-order valence-electron chi connectivity index (χ2n) is 5.08. The molecular weight excluding hydrogens is 280 g/mol. The van der Waals surface area contributed by atoms with Gasteiger partial charge < -0.3 is 11.1 Å². The fourth-order valence-corrected chi connectivity index (χ4v) is 3.10. The van der Waals surface area contributed by atoms with Crippen molar-refractivity contribution in [3.63, 3.8) is 0 Å². The van der Waals surface area contributed by atoms with Gasteiger partial charge in [0.1, 0.15) is 0 Å². The first-order chi connectivity index (χ1) is 10.3. The maximum atomic E-state index is 12.5. The number of hydrogen-bond acceptors (Lipinski definition) is 3. The van der Waals surface area contributed by atoms with E-state index in [1.54, 1.807) is 0 Å². The number of benzene rings is 1. The molecule has 1 amide bonds. The summed E-state index contributed by atoms with van der Waals surface area (Å²) in [6.45, 7) is 2.62. The third kappa shape index (κ3) is 4.16. The molecule has 3 nitrogen and oxygen atoms in total. The van der Waals surface area contributed by atoms with Crippen molar-refractivity contribution in [3.8, 4) is 11.1 Å². The molecule has 0 bridgehead atoms. The standard InChI is InChI=1S/C17H22N2OS/c1-2-3-9-14(12-18)19-17(20)16-15(10-11-21-16)13-7-5-4-6-8-13/h4-8,10-11,14H,2-3,9,12,18H2,1H3,(H,19,20). The monoisotopic (exact) mass is 302 g/mol. The fourth-order valence-electron chi connectivity index (χ4n) is 2.28. The van der Waals surface area contributed by atoms with Crippen LogP contribution in [0, 0.1) is 0 Å². The van der Waals surface area contributed by atoms with Crippen LogP contribution in [0.25, 0.3) is 11.1 Å². The van der Waals surface area contributed by atoms with Gasteiger partial charge in [-0.15, -0.1) is 11.3 Å². The minimum absolute atomic E-state index is 0.0181. The Hall–Kier alpha value is -1.65. The molecule has 112 valence electrons. The van der Waals surface area contributed by atoms with E-state index in [-0.39, 0.29) is 11.9 Å². The number of unbranched alkanes of at least 4 members (excludes halogenated alkanes) is 1. The van der Waals surface area contributed by atoms with E-state index in [2.05, 4.69) is 12.2 Å². The van der Waals surface area contributed by atoms with Gasteiger partial charge in [0.25, 0.3) is 5.91 Å². The predicted molar refractivity (Wildman–Crippen MR) is 89.6 cm³/mol. The molecule has 1 aromatic heterocycles. The summed E-state index contributed by atoms with van der Waals surface area (Å²) in [7, 11) is 0. The molecule has 2 rings (SSSR count). The SMILES string of the molecule is CCCCC(CN)NC(=O)c1sccc1-c1ccccc1. The van der Waals surface area contributed by atoms with Crippen molar-refractivity contribution in [2.75, 3.05) is 6.54 Å². The molecule has 2 aromatic rings. The average molecular weight is 302 g/mol. The molecule has 4 heteroatoms. The van der Waals surface area contributed by atoms with Crippen molar-refractivity contribution in [3.05, 3.63) is 46.7 Å². The minimum atomic E-state index is -0.0181. The summed E-state index contributed by atoms with van der Waals surface area (Å²) in [6.07, 6.45) is 3.13. The van der Waals surface area contributed by atoms with Crippen LogP contribution in [0.2, 0.25) is 0 Å². The van der Waals surface area contributed by atoms with E-state index < -0.39 is 0 Å². The van der Waals surface area contributed by atoms with E-state index in [4.69, 9.17) is 5.73 Å². The van der Waals surface area contributed by atoms with Crippen LogP contribution in [0.15, 0.2) is 41.8 Å². The van der Waals surface area contributed by atoms with Gasteiger partial charge >= 0.3 is 0 Å². The summed E-state index contributed by atoms with van der Waals surface area (Å²) in [4.78, 5) is 13.2. The topological polar surface area (TPSA) is 55.1 Å². The Balaban J connectivity index is 2.12. The van der Waals surface area contributed by atoms with E-state index in [1.807, 2.05) is 41.8 Å². The quantitative estimate of drug-likeness (QED) is 0.820. The highest BCUT2D eigenvalue weighted by Crippen LogP contribution is 2.28. The summed E-state index contributed by atoms with van der Waals surface area (Å²) in [5.74, 6) is -0.0181. The predicted octanol–water partition coefficient (Wildman–Crippen LogP) is 3.66. The van der Waals surface area contributed by atoms with Crippen LogP contribution in [0.5, 0.6) is 0 Å². The maximum Gasteiger partial charge on any atom is 0.262 e. The summed E-state index contributed by atoms with van der Waals surface area (Å²) in [5.41, 5.74) is 7.81. The Bertz CT molecular complexity index is 565. The molecule has 1 atom stereocenters. The van der Waals surface area contributed by atoms with Crippen LogP contribution < -0.4 is 11.1 Å². The first-order valence-corrected chi connectivity index (χ1v) is 8.28. The molecular formula is C17H22N2OS. The summed E-state index contributed by atoms with van der Waals surface area (Å²) < 4.78 is 0. The second-order valence-corrected chi connectivity index (χ2v) is 5.99. The van der Waals surface area contributed by atoms with Gasteiger partial charge in [0.05, 0.1) is 4.88 Å². The summed E-state index contributed by atoms with van der Waals surface area (Å²) >= 11 is 1.48. The molecule has 3 N–H and O–H groups in total. The van der Waals surface area contributed by atoms with Crippen LogP contribution in [0.4, 0.5) is 0 Å². The number of thiophene rings is 1. The van der Waals surface area contributed by atoms with Gasteiger partial charge in [-0.05, 0) is 23.4 Å². The zero-order chi connectivity index (χ0) is 15.1. The Kier molecular flexibility index (Phi) is 5.96. The first-order valence-electron chi connectivity index (χ1n) is 7.40. The minimum Gasteiger partial charge on any atom is -0.347 e. The molecule has 0 radical (unpaired) electrons. The molecule has 0 saturated heterocycles. The van der Waals surface area contributed by atoms with Crippen molar-refractivity contribution < 1.29 is 4.79 Å². The Morgan fingerprint density at radius 3 is 2.71 bits per heavy atom. The number of carbonyl (C=O) groups is 1.